The normalized spacial score (nSPS) is 13.6. The molecule has 0 fully saturated rings. The van der Waals surface area contributed by atoms with Gasteiger partial charge in [0.2, 0.25) is 0 Å². The van der Waals surface area contributed by atoms with Crippen LogP contribution in [0.15, 0.2) is 36.5 Å². The van der Waals surface area contributed by atoms with Gasteiger partial charge in [-0.1, -0.05) is 18.2 Å². The van der Waals surface area contributed by atoms with E-state index in [0.717, 1.165) is 16.5 Å². The summed E-state index contributed by atoms with van der Waals surface area (Å²) in [5.41, 5.74) is 4.53. The van der Waals surface area contributed by atoms with Crippen molar-refractivity contribution in [3.8, 4) is 0 Å². The molecule has 2 rings (SSSR count). The number of fused-ring (bicyclic) bond motifs is 1. The number of benzene rings is 1. The highest BCUT2D eigenvalue weighted by Crippen LogP contribution is 2.24. The molecule has 1 heterocycles. The zero-order valence-corrected chi connectivity index (χ0v) is 11.5. The van der Waals surface area contributed by atoms with Crippen LogP contribution in [-0.2, 0) is 9.84 Å². The zero-order chi connectivity index (χ0) is 13.9. The molecule has 0 aliphatic rings. The molecule has 0 saturated heterocycles. The van der Waals surface area contributed by atoms with Gasteiger partial charge in [0.1, 0.15) is 9.84 Å². The third kappa shape index (κ3) is 3.50. The number of rotatable bonds is 5. The maximum Gasteiger partial charge on any atom is 0.147 e. The topological polar surface area (TPSA) is 85.1 Å². The van der Waals surface area contributed by atoms with Gasteiger partial charge in [-0.2, -0.15) is 0 Å². The summed E-state index contributed by atoms with van der Waals surface area (Å²) >= 11 is 0. The lowest BCUT2D eigenvalue weighted by Crippen LogP contribution is -2.29. The van der Waals surface area contributed by atoms with E-state index in [1.807, 2.05) is 30.3 Å². The van der Waals surface area contributed by atoms with Crippen LogP contribution in [0, 0.1) is 0 Å². The maximum absolute atomic E-state index is 11.3. The third-order valence-electron chi connectivity index (χ3n) is 3.04. The highest BCUT2D eigenvalue weighted by molar-refractivity contribution is 7.90. The molecule has 0 bridgehead atoms. The molecule has 1 unspecified atom stereocenters. The number of nitrogens with one attached hydrogen (secondary N) is 1. The minimum atomic E-state index is -3.00. The number of nitrogens with zero attached hydrogens (tertiary/aromatic N) is 1. The molecule has 1 aromatic carbocycles. The molecule has 6 heteroatoms. The molecule has 19 heavy (non-hydrogen) atoms. The van der Waals surface area contributed by atoms with E-state index >= 15 is 0 Å². The average molecular weight is 279 g/mol. The van der Waals surface area contributed by atoms with Gasteiger partial charge in [0.25, 0.3) is 0 Å². The first-order valence-corrected chi connectivity index (χ1v) is 8.05. The first-order valence-electron chi connectivity index (χ1n) is 5.99. The largest absolute Gasteiger partial charge is 0.271 e. The van der Waals surface area contributed by atoms with Crippen LogP contribution in [0.1, 0.15) is 18.0 Å². The van der Waals surface area contributed by atoms with E-state index in [1.165, 1.54) is 6.26 Å². The van der Waals surface area contributed by atoms with E-state index in [4.69, 9.17) is 5.84 Å². The molecular weight excluding hydrogens is 262 g/mol. The Labute approximate surface area is 112 Å². The molecule has 0 spiro atoms. The highest BCUT2D eigenvalue weighted by atomic mass is 32.2. The molecule has 2 aromatic rings. The van der Waals surface area contributed by atoms with Crippen molar-refractivity contribution in [1.82, 2.24) is 10.4 Å². The number of pyridine rings is 1. The minimum Gasteiger partial charge on any atom is -0.271 e. The van der Waals surface area contributed by atoms with Crippen molar-refractivity contribution in [2.45, 2.75) is 12.5 Å². The molecule has 3 N–H and O–H groups in total. The molecule has 0 saturated carbocycles. The van der Waals surface area contributed by atoms with Gasteiger partial charge in [-0.15, -0.1) is 0 Å². The van der Waals surface area contributed by atoms with Crippen molar-refractivity contribution in [1.29, 1.82) is 0 Å². The first-order chi connectivity index (χ1) is 9.01. The van der Waals surface area contributed by atoms with Crippen molar-refractivity contribution < 1.29 is 8.42 Å². The molecule has 0 radical (unpaired) electrons. The van der Waals surface area contributed by atoms with E-state index in [0.29, 0.717) is 6.42 Å². The number of aromatic nitrogens is 1. The van der Waals surface area contributed by atoms with E-state index in [9.17, 15) is 8.42 Å². The highest BCUT2D eigenvalue weighted by Gasteiger charge is 2.15. The van der Waals surface area contributed by atoms with E-state index < -0.39 is 9.84 Å². The molecule has 0 aliphatic heterocycles. The number of hydrazine groups is 1. The summed E-state index contributed by atoms with van der Waals surface area (Å²) < 4.78 is 22.5. The number of para-hydroxylation sites is 1. The second-order valence-corrected chi connectivity index (χ2v) is 6.81. The SMILES string of the molecule is CS(=O)(=O)CCC(NN)c1ccnc2ccccc12. The van der Waals surface area contributed by atoms with Gasteiger partial charge in [0.05, 0.1) is 11.3 Å². The number of hydrogen-bond acceptors (Lipinski definition) is 5. The summed E-state index contributed by atoms with van der Waals surface area (Å²) in [4.78, 5) is 4.28. The van der Waals surface area contributed by atoms with Crippen molar-refractivity contribution in [2.24, 2.45) is 5.84 Å². The van der Waals surface area contributed by atoms with Gasteiger partial charge in [-0.3, -0.25) is 16.3 Å². The number of sulfone groups is 1. The van der Waals surface area contributed by atoms with Crippen molar-refractivity contribution in [2.75, 3.05) is 12.0 Å². The van der Waals surface area contributed by atoms with Crippen molar-refractivity contribution in [3.63, 3.8) is 0 Å². The molecule has 0 amide bonds. The lowest BCUT2D eigenvalue weighted by molar-refractivity contribution is 0.534. The Morgan fingerprint density at radius 3 is 2.74 bits per heavy atom. The molecule has 102 valence electrons. The van der Waals surface area contributed by atoms with E-state index in [2.05, 4.69) is 10.4 Å². The lowest BCUT2D eigenvalue weighted by Gasteiger charge is -2.17. The third-order valence-corrected chi connectivity index (χ3v) is 4.01. The molecule has 5 nitrogen and oxygen atoms in total. The van der Waals surface area contributed by atoms with E-state index in [-0.39, 0.29) is 11.8 Å². The monoisotopic (exact) mass is 279 g/mol. The van der Waals surface area contributed by atoms with Crippen LogP contribution in [0.5, 0.6) is 0 Å². The Balaban J connectivity index is 2.35. The lowest BCUT2D eigenvalue weighted by atomic mass is 10.0. The van der Waals surface area contributed by atoms with Gasteiger partial charge in [-0.25, -0.2) is 8.42 Å². The fourth-order valence-corrected chi connectivity index (χ4v) is 2.75. The molecular formula is C13H17N3O2S. The van der Waals surface area contributed by atoms with Crippen LogP contribution in [0.25, 0.3) is 10.9 Å². The summed E-state index contributed by atoms with van der Waals surface area (Å²) in [5, 5.41) is 0.987. The van der Waals surface area contributed by atoms with Gasteiger partial charge >= 0.3 is 0 Å². The Bertz CT molecular complexity index is 665. The van der Waals surface area contributed by atoms with Crippen LogP contribution in [0.2, 0.25) is 0 Å². The second-order valence-electron chi connectivity index (χ2n) is 4.56. The molecule has 0 aliphatic carbocycles. The fraction of sp³-hybridized carbons (Fsp3) is 0.308. The van der Waals surface area contributed by atoms with Gasteiger partial charge in [0.15, 0.2) is 0 Å². The number of nitrogens with two attached hydrogens (primary N) is 1. The summed E-state index contributed by atoms with van der Waals surface area (Å²) in [6, 6.07) is 9.39. The standard InChI is InChI=1S/C13H17N3O2S/c1-19(17,18)9-7-13(16-14)11-6-8-15-12-5-3-2-4-10(11)12/h2-6,8,13,16H,7,9,14H2,1H3. The smallest absolute Gasteiger partial charge is 0.147 e. The van der Waals surface area contributed by atoms with Crippen LogP contribution in [-0.4, -0.2) is 25.4 Å². The zero-order valence-electron chi connectivity index (χ0n) is 10.7. The summed E-state index contributed by atoms with van der Waals surface area (Å²) in [6.07, 6.45) is 3.37. The molecule has 1 atom stereocenters. The summed E-state index contributed by atoms with van der Waals surface area (Å²) in [6.45, 7) is 0. The number of hydrogen-bond donors (Lipinski definition) is 2. The predicted octanol–water partition coefficient (Wildman–Crippen LogP) is 1.17. The molecule has 1 aromatic heterocycles. The Morgan fingerprint density at radius 2 is 2.05 bits per heavy atom. The average Bonchev–Trinajstić information content (AvgIpc) is 2.38. The van der Waals surface area contributed by atoms with Gasteiger partial charge in [-0.05, 0) is 24.1 Å². The predicted molar refractivity (Wildman–Crippen MR) is 76.1 cm³/mol. The quantitative estimate of drug-likeness (QED) is 0.634. The second kappa shape index (κ2) is 5.64. The maximum atomic E-state index is 11.3. The summed E-state index contributed by atoms with van der Waals surface area (Å²) in [5.74, 6) is 5.66. The first kappa shape index (κ1) is 13.9. The van der Waals surface area contributed by atoms with Crippen LogP contribution in [0.4, 0.5) is 0 Å². The van der Waals surface area contributed by atoms with Gasteiger partial charge in [0, 0.05) is 23.9 Å². The Hall–Kier alpha value is -1.50. The van der Waals surface area contributed by atoms with Crippen LogP contribution in [0.3, 0.4) is 0 Å². The van der Waals surface area contributed by atoms with Crippen LogP contribution >= 0.6 is 0 Å². The van der Waals surface area contributed by atoms with Crippen molar-refractivity contribution >= 4 is 20.7 Å². The van der Waals surface area contributed by atoms with Crippen molar-refractivity contribution in [3.05, 3.63) is 42.1 Å². The van der Waals surface area contributed by atoms with E-state index in [1.54, 1.807) is 6.20 Å². The fourth-order valence-electron chi connectivity index (χ4n) is 2.08. The summed E-state index contributed by atoms with van der Waals surface area (Å²) in [7, 11) is -3.00. The van der Waals surface area contributed by atoms with Crippen LogP contribution < -0.4 is 11.3 Å². The minimum absolute atomic E-state index is 0.0958. The Morgan fingerprint density at radius 1 is 1.32 bits per heavy atom. The van der Waals surface area contributed by atoms with Gasteiger partial charge < -0.3 is 0 Å². The Kier molecular flexibility index (Phi) is 4.14.